The summed E-state index contributed by atoms with van der Waals surface area (Å²) in [5.74, 6) is -5.72. The number of alkyl halides is 2. The fourth-order valence-electron chi connectivity index (χ4n) is 0.833. The highest BCUT2D eigenvalue weighted by Crippen LogP contribution is 2.30. The molecule has 1 N–H and O–H groups in total. The average Bonchev–Trinajstić information content (AvgIpc) is 2.15. The predicted molar refractivity (Wildman–Crippen MR) is 48.7 cm³/mol. The summed E-state index contributed by atoms with van der Waals surface area (Å²) in [7, 11) is 0. The number of rotatable bonds is 6. The van der Waals surface area contributed by atoms with Gasteiger partial charge < -0.3 is 14.6 Å². The Morgan fingerprint density at radius 1 is 1.33 bits per heavy atom. The highest BCUT2D eigenvalue weighted by molar-refractivity contribution is 5.79. The Labute approximate surface area is 87.2 Å². The summed E-state index contributed by atoms with van der Waals surface area (Å²) in [4.78, 5) is 10.9. The largest absolute Gasteiger partial charge is 0.461 e. The molecule has 1 atom stereocenters. The van der Waals surface area contributed by atoms with E-state index in [1.165, 1.54) is 6.92 Å². The first-order valence-electron chi connectivity index (χ1n) is 4.64. The SMILES string of the molecule is CCOCC(C)(O)C(F)(F)C(=O)OCC. The van der Waals surface area contributed by atoms with E-state index in [0.29, 0.717) is 0 Å². The molecular weight excluding hydrogens is 210 g/mol. The minimum atomic E-state index is -3.97. The summed E-state index contributed by atoms with van der Waals surface area (Å²) >= 11 is 0. The van der Waals surface area contributed by atoms with Crippen molar-refractivity contribution in [1.82, 2.24) is 0 Å². The van der Waals surface area contributed by atoms with Gasteiger partial charge in [0, 0.05) is 6.61 Å². The third-order valence-electron chi connectivity index (χ3n) is 1.80. The zero-order valence-corrected chi connectivity index (χ0v) is 9.05. The molecule has 0 saturated carbocycles. The topological polar surface area (TPSA) is 55.8 Å². The van der Waals surface area contributed by atoms with Gasteiger partial charge in [-0.25, -0.2) is 4.79 Å². The van der Waals surface area contributed by atoms with E-state index < -0.39 is 24.1 Å². The number of carbonyl (C=O) groups excluding carboxylic acids is 1. The van der Waals surface area contributed by atoms with Crippen molar-refractivity contribution in [3.05, 3.63) is 0 Å². The molecule has 0 amide bonds. The van der Waals surface area contributed by atoms with Crippen LogP contribution < -0.4 is 0 Å². The van der Waals surface area contributed by atoms with E-state index in [-0.39, 0.29) is 13.2 Å². The quantitative estimate of drug-likeness (QED) is 0.686. The molecule has 0 radical (unpaired) electrons. The van der Waals surface area contributed by atoms with Crippen molar-refractivity contribution in [3.8, 4) is 0 Å². The van der Waals surface area contributed by atoms with Crippen LogP contribution in [0.5, 0.6) is 0 Å². The third-order valence-corrected chi connectivity index (χ3v) is 1.80. The van der Waals surface area contributed by atoms with Gasteiger partial charge in [0.2, 0.25) is 0 Å². The Kier molecular flexibility index (Phi) is 5.10. The van der Waals surface area contributed by atoms with Gasteiger partial charge in [0.25, 0.3) is 0 Å². The van der Waals surface area contributed by atoms with Gasteiger partial charge in [-0.3, -0.25) is 0 Å². The molecule has 0 rings (SSSR count). The fourth-order valence-corrected chi connectivity index (χ4v) is 0.833. The second-order valence-electron chi connectivity index (χ2n) is 3.21. The molecule has 0 spiro atoms. The minimum Gasteiger partial charge on any atom is -0.461 e. The maximum Gasteiger partial charge on any atom is 0.380 e. The van der Waals surface area contributed by atoms with Gasteiger partial charge in [-0.05, 0) is 20.8 Å². The van der Waals surface area contributed by atoms with Crippen LogP contribution in [-0.2, 0) is 14.3 Å². The molecule has 0 aliphatic heterocycles. The van der Waals surface area contributed by atoms with Gasteiger partial charge in [0.15, 0.2) is 5.60 Å². The number of carbonyl (C=O) groups is 1. The molecule has 0 aliphatic rings. The summed E-state index contributed by atoms with van der Waals surface area (Å²) in [5, 5.41) is 9.39. The maximum absolute atomic E-state index is 13.3. The molecule has 0 heterocycles. The van der Waals surface area contributed by atoms with Crippen molar-refractivity contribution in [2.24, 2.45) is 0 Å². The number of halogens is 2. The summed E-state index contributed by atoms with van der Waals surface area (Å²) < 4.78 is 35.4. The van der Waals surface area contributed by atoms with Gasteiger partial charge in [-0.15, -0.1) is 0 Å². The third kappa shape index (κ3) is 3.39. The van der Waals surface area contributed by atoms with Gasteiger partial charge >= 0.3 is 11.9 Å². The number of ether oxygens (including phenoxy) is 2. The molecule has 0 saturated heterocycles. The second-order valence-corrected chi connectivity index (χ2v) is 3.21. The smallest absolute Gasteiger partial charge is 0.380 e. The molecule has 0 aromatic rings. The van der Waals surface area contributed by atoms with Crippen LogP contribution in [0.25, 0.3) is 0 Å². The molecule has 0 fully saturated rings. The highest BCUT2D eigenvalue weighted by Gasteiger charge is 2.57. The van der Waals surface area contributed by atoms with Crippen LogP contribution in [0.4, 0.5) is 8.78 Å². The Hall–Kier alpha value is -0.750. The monoisotopic (exact) mass is 226 g/mol. The molecule has 15 heavy (non-hydrogen) atoms. The van der Waals surface area contributed by atoms with Crippen LogP contribution in [0.15, 0.2) is 0 Å². The summed E-state index contributed by atoms with van der Waals surface area (Å²) in [6.07, 6.45) is 0. The van der Waals surface area contributed by atoms with E-state index in [4.69, 9.17) is 0 Å². The van der Waals surface area contributed by atoms with E-state index in [0.717, 1.165) is 6.92 Å². The van der Waals surface area contributed by atoms with Gasteiger partial charge in [-0.1, -0.05) is 0 Å². The Balaban J connectivity index is 4.59. The van der Waals surface area contributed by atoms with Crippen LogP contribution >= 0.6 is 0 Å². The fraction of sp³-hybridized carbons (Fsp3) is 0.889. The van der Waals surface area contributed by atoms with Crippen molar-refractivity contribution in [2.75, 3.05) is 19.8 Å². The van der Waals surface area contributed by atoms with E-state index in [1.807, 2.05) is 0 Å². The van der Waals surface area contributed by atoms with Crippen molar-refractivity contribution in [2.45, 2.75) is 32.3 Å². The predicted octanol–water partition coefficient (Wildman–Crippen LogP) is 0.972. The average molecular weight is 226 g/mol. The lowest BCUT2D eigenvalue weighted by atomic mass is 9.99. The zero-order valence-electron chi connectivity index (χ0n) is 9.05. The Morgan fingerprint density at radius 3 is 2.27 bits per heavy atom. The maximum atomic E-state index is 13.3. The van der Waals surface area contributed by atoms with E-state index >= 15 is 0 Å². The number of aliphatic hydroxyl groups is 1. The zero-order chi connectivity index (χ0) is 12.1. The summed E-state index contributed by atoms with van der Waals surface area (Å²) in [6.45, 7) is 3.22. The summed E-state index contributed by atoms with van der Waals surface area (Å²) in [6, 6.07) is 0. The Morgan fingerprint density at radius 2 is 1.87 bits per heavy atom. The molecule has 0 bridgehead atoms. The molecule has 6 heteroatoms. The van der Waals surface area contributed by atoms with E-state index in [2.05, 4.69) is 9.47 Å². The standard InChI is InChI=1S/C9H16F2O4/c1-4-14-6-8(3,13)9(10,11)7(12)15-5-2/h13H,4-6H2,1-3H3. The minimum absolute atomic E-state index is 0.168. The molecular formula is C9H16F2O4. The van der Waals surface area contributed by atoms with E-state index in [9.17, 15) is 18.7 Å². The number of hydrogen-bond acceptors (Lipinski definition) is 4. The first-order chi connectivity index (χ1) is 6.79. The second kappa shape index (κ2) is 5.37. The molecule has 0 aliphatic carbocycles. The lowest BCUT2D eigenvalue weighted by Gasteiger charge is -2.30. The van der Waals surface area contributed by atoms with Crippen molar-refractivity contribution in [3.63, 3.8) is 0 Å². The lowest BCUT2D eigenvalue weighted by Crippen LogP contribution is -2.54. The normalized spacial score (nSPS) is 15.9. The molecule has 0 aromatic heterocycles. The van der Waals surface area contributed by atoms with Gasteiger partial charge in [0.1, 0.15) is 0 Å². The van der Waals surface area contributed by atoms with Gasteiger partial charge in [0.05, 0.1) is 13.2 Å². The van der Waals surface area contributed by atoms with Crippen molar-refractivity contribution in [1.29, 1.82) is 0 Å². The van der Waals surface area contributed by atoms with Crippen LogP contribution in [0.1, 0.15) is 20.8 Å². The van der Waals surface area contributed by atoms with Crippen molar-refractivity contribution >= 4 is 5.97 Å². The number of esters is 1. The van der Waals surface area contributed by atoms with Crippen LogP contribution in [0.3, 0.4) is 0 Å². The highest BCUT2D eigenvalue weighted by atomic mass is 19.3. The molecule has 4 nitrogen and oxygen atoms in total. The van der Waals surface area contributed by atoms with Crippen LogP contribution in [0.2, 0.25) is 0 Å². The lowest BCUT2D eigenvalue weighted by molar-refractivity contribution is -0.219. The number of hydrogen-bond donors (Lipinski definition) is 1. The van der Waals surface area contributed by atoms with Crippen LogP contribution in [0, 0.1) is 0 Å². The molecule has 0 aromatic carbocycles. The molecule has 1 unspecified atom stereocenters. The van der Waals surface area contributed by atoms with Gasteiger partial charge in [-0.2, -0.15) is 8.78 Å². The summed E-state index contributed by atoms with van der Waals surface area (Å²) in [5.41, 5.74) is -2.56. The van der Waals surface area contributed by atoms with Crippen molar-refractivity contribution < 1.29 is 28.2 Å². The first-order valence-corrected chi connectivity index (χ1v) is 4.64. The van der Waals surface area contributed by atoms with E-state index in [1.54, 1.807) is 6.92 Å². The first kappa shape index (κ1) is 14.2. The molecule has 90 valence electrons. The Bertz CT molecular complexity index is 216. The van der Waals surface area contributed by atoms with Crippen LogP contribution in [-0.4, -0.2) is 42.4 Å².